The summed E-state index contributed by atoms with van der Waals surface area (Å²) >= 11 is 6.07. The molecule has 0 aliphatic rings. The number of methoxy groups -OCH3 is 2. The maximum atomic E-state index is 12.6. The normalized spacial score (nSPS) is 11.3. The van der Waals surface area contributed by atoms with Gasteiger partial charge in [0.1, 0.15) is 11.5 Å². The van der Waals surface area contributed by atoms with Crippen LogP contribution in [-0.4, -0.2) is 46.4 Å². The van der Waals surface area contributed by atoms with Crippen LogP contribution in [0.3, 0.4) is 0 Å². The Morgan fingerprint density at radius 2 is 1.70 bits per heavy atom. The van der Waals surface area contributed by atoms with Gasteiger partial charge in [-0.25, -0.2) is 8.42 Å². The molecule has 1 N–H and O–H groups in total. The molecule has 2 rings (SSSR count). The fraction of sp³-hybridized carbons (Fsp3) is 0.278. The Kier molecular flexibility index (Phi) is 6.69. The minimum atomic E-state index is -3.78. The van der Waals surface area contributed by atoms with E-state index in [1.54, 1.807) is 12.1 Å². The Labute approximate surface area is 163 Å². The molecule has 27 heavy (non-hydrogen) atoms. The number of likely N-dealkylation sites (N-methyl/N-ethyl adjacent to an activating group) is 1. The summed E-state index contributed by atoms with van der Waals surface area (Å²) in [6.45, 7) is 1.49. The first kappa shape index (κ1) is 21.0. The molecule has 146 valence electrons. The maximum absolute atomic E-state index is 12.6. The van der Waals surface area contributed by atoms with Crippen molar-refractivity contribution in [3.05, 3.63) is 47.0 Å². The standard InChI is InChI=1S/C18H21ClN2O5S/c1-12-5-7-13(8-6-12)27(23,24)21(2)11-18(22)20-15-9-14(19)16(25-3)10-17(15)26-4/h5-10H,11H2,1-4H3,(H,20,22). The van der Waals surface area contributed by atoms with E-state index in [1.165, 1.54) is 45.5 Å². The van der Waals surface area contributed by atoms with E-state index in [9.17, 15) is 13.2 Å². The Balaban J connectivity index is 2.15. The molecule has 0 heterocycles. The molecule has 9 heteroatoms. The maximum Gasteiger partial charge on any atom is 0.243 e. The molecular formula is C18H21ClN2O5S. The molecule has 2 aromatic carbocycles. The van der Waals surface area contributed by atoms with E-state index < -0.39 is 15.9 Å². The zero-order valence-electron chi connectivity index (χ0n) is 15.4. The van der Waals surface area contributed by atoms with Crippen molar-refractivity contribution in [2.75, 3.05) is 33.1 Å². The van der Waals surface area contributed by atoms with Gasteiger partial charge >= 0.3 is 0 Å². The monoisotopic (exact) mass is 412 g/mol. The SMILES string of the molecule is COc1cc(OC)c(NC(=O)CN(C)S(=O)(=O)c2ccc(C)cc2)cc1Cl. The molecule has 0 spiro atoms. The van der Waals surface area contributed by atoms with Crippen molar-refractivity contribution < 1.29 is 22.7 Å². The van der Waals surface area contributed by atoms with Crippen LogP contribution >= 0.6 is 11.6 Å². The summed E-state index contributed by atoms with van der Waals surface area (Å²) < 4.78 is 36.4. The second-order valence-electron chi connectivity index (χ2n) is 5.81. The van der Waals surface area contributed by atoms with Gasteiger partial charge < -0.3 is 14.8 Å². The first-order chi connectivity index (χ1) is 12.7. The molecule has 0 aliphatic heterocycles. The molecule has 1 amide bonds. The van der Waals surface area contributed by atoms with E-state index in [4.69, 9.17) is 21.1 Å². The number of ether oxygens (including phenoxy) is 2. The third-order valence-electron chi connectivity index (χ3n) is 3.84. The van der Waals surface area contributed by atoms with Crippen LogP contribution in [0.4, 0.5) is 5.69 Å². The highest BCUT2D eigenvalue weighted by Gasteiger charge is 2.23. The second kappa shape index (κ2) is 8.60. The number of nitrogens with zero attached hydrogens (tertiary/aromatic N) is 1. The summed E-state index contributed by atoms with van der Waals surface area (Å²) in [6, 6.07) is 9.42. The Morgan fingerprint density at radius 3 is 2.26 bits per heavy atom. The van der Waals surface area contributed by atoms with Gasteiger partial charge in [0.2, 0.25) is 15.9 Å². The van der Waals surface area contributed by atoms with Crippen molar-refractivity contribution in [1.29, 1.82) is 0 Å². The summed E-state index contributed by atoms with van der Waals surface area (Å²) in [7, 11) is 0.457. The molecule has 0 bridgehead atoms. The molecule has 0 aromatic heterocycles. The van der Waals surface area contributed by atoms with Crippen molar-refractivity contribution in [1.82, 2.24) is 4.31 Å². The average Bonchev–Trinajstić information content (AvgIpc) is 2.62. The lowest BCUT2D eigenvalue weighted by atomic mass is 10.2. The fourth-order valence-electron chi connectivity index (χ4n) is 2.32. The number of carbonyl (C=O) groups is 1. The van der Waals surface area contributed by atoms with Crippen molar-refractivity contribution in [3.8, 4) is 11.5 Å². The molecule has 0 saturated carbocycles. The highest BCUT2D eigenvalue weighted by molar-refractivity contribution is 7.89. The van der Waals surface area contributed by atoms with E-state index >= 15 is 0 Å². The molecule has 0 fully saturated rings. The minimum Gasteiger partial charge on any atom is -0.495 e. The lowest BCUT2D eigenvalue weighted by molar-refractivity contribution is -0.116. The topological polar surface area (TPSA) is 84.9 Å². The van der Waals surface area contributed by atoms with Gasteiger partial charge in [-0.3, -0.25) is 4.79 Å². The summed E-state index contributed by atoms with van der Waals surface area (Å²) in [6.07, 6.45) is 0. The molecule has 7 nitrogen and oxygen atoms in total. The average molecular weight is 413 g/mol. The molecule has 0 atom stereocenters. The number of anilines is 1. The minimum absolute atomic E-state index is 0.119. The number of nitrogens with one attached hydrogen (secondary N) is 1. The van der Waals surface area contributed by atoms with Crippen LogP contribution in [0.2, 0.25) is 5.02 Å². The van der Waals surface area contributed by atoms with Gasteiger partial charge in [-0.2, -0.15) is 4.31 Å². The van der Waals surface area contributed by atoms with E-state index in [-0.39, 0.29) is 16.5 Å². The Morgan fingerprint density at radius 1 is 1.11 bits per heavy atom. The van der Waals surface area contributed by atoms with E-state index in [1.807, 2.05) is 6.92 Å². The van der Waals surface area contributed by atoms with Crippen LogP contribution in [0, 0.1) is 6.92 Å². The van der Waals surface area contributed by atoms with Crippen LogP contribution in [0.5, 0.6) is 11.5 Å². The van der Waals surface area contributed by atoms with Gasteiger partial charge in [-0.15, -0.1) is 0 Å². The highest BCUT2D eigenvalue weighted by atomic mass is 35.5. The fourth-order valence-corrected chi connectivity index (χ4v) is 3.69. The summed E-state index contributed by atoms with van der Waals surface area (Å²) in [4.78, 5) is 12.5. The number of rotatable bonds is 7. The number of aryl methyl sites for hydroxylation is 1. The van der Waals surface area contributed by atoms with Crippen LogP contribution in [0.15, 0.2) is 41.3 Å². The van der Waals surface area contributed by atoms with E-state index in [0.29, 0.717) is 17.2 Å². The quantitative estimate of drug-likeness (QED) is 0.755. The lowest BCUT2D eigenvalue weighted by Crippen LogP contribution is -2.35. The number of halogens is 1. The molecule has 0 saturated heterocycles. The number of hydrogen-bond acceptors (Lipinski definition) is 5. The van der Waals surface area contributed by atoms with Crippen LogP contribution < -0.4 is 14.8 Å². The van der Waals surface area contributed by atoms with Crippen LogP contribution in [0.1, 0.15) is 5.56 Å². The third kappa shape index (κ3) is 4.91. The zero-order chi connectivity index (χ0) is 20.2. The number of amides is 1. The molecule has 2 aromatic rings. The van der Waals surface area contributed by atoms with Crippen molar-refractivity contribution >= 4 is 33.2 Å². The number of sulfonamides is 1. The van der Waals surface area contributed by atoms with Gasteiger partial charge in [-0.1, -0.05) is 29.3 Å². The molecule has 0 unspecified atom stereocenters. The summed E-state index contributed by atoms with van der Waals surface area (Å²) in [5.41, 5.74) is 1.26. The molecule has 0 radical (unpaired) electrons. The smallest absolute Gasteiger partial charge is 0.243 e. The van der Waals surface area contributed by atoms with Gasteiger partial charge in [0.25, 0.3) is 0 Å². The largest absolute Gasteiger partial charge is 0.495 e. The summed E-state index contributed by atoms with van der Waals surface area (Å²) in [5, 5.41) is 2.89. The van der Waals surface area contributed by atoms with Gasteiger partial charge in [0.15, 0.2) is 0 Å². The molecule has 0 aliphatic carbocycles. The van der Waals surface area contributed by atoms with Crippen molar-refractivity contribution in [2.24, 2.45) is 0 Å². The third-order valence-corrected chi connectivity index (χ3v) is 5.96. The second-order valence-corrected chi connectivity index (χ2v) is 8.26. The summed E-state index contributed by atoms with van der Waals surface area (Å²) in [5.74, 6) is 0.201. The van der Waals surface area contributed by atoms with E-state index in [2.05, 4.69) is 5.32 Å². The number of hydrogen-bond donors (Lipinski definition) is 1. The van der Waals surface area contributed by atoms with E-state index in [0.717, 1.165) is 9.87 Å². The number of benzene rings is 2. The van der Waals surface area contributed by atoms with Crippen LogP contribution in [0.25, 0.3) is 0 Å². The van der Waals surface area contributed by atoms with Crippen LogP contribution in [-0.2, 0) is 14.8 Å². The van der Waals surface area contributed by atoms with Gasteiger partial charge in [0.05, 0.1) is 36.4 Å². The zero-order valence-corrected chi connectivity index (χ0v) is 17.0. The number of carbonyl (C=O) groups excluding carboxylic acids is 1. The van der Waals surface area contributed by atoms with Crippen molar-refractivity contribution in [2.45, 2.75) is 11.8 Å². The van der Waals surface area contributed by atoms with Gasteiger partial charge in [-0.05, 0) is 25.1 Å². The predicted molar refractivity (Wildman–Crippen MR) is 104 cm³/mol. The highest BCUT2D eigenvalue weighted by Crippen LogP contribution is 2.35. The molecular weight excluding hydrogens is 392 g/mol. The van der Waals surface area contributed by atoms with Gasteiger partial charge in [0, 0.05) is 13.1 Å². The lowest BCUT2D eigenvalue weighted by Gasteiger charge is -2.18. The predicted octanol–water partition coefficient (Wildman–Crippen LogP) is 2.92. The van der Waals surface area contributed by atoms with Crippen molar-refractivity contribution in [3.63, 3.8) is 0 Å². The first-order valence-electron chi connectivity index (χ1n) is 7.93. The Bertz CT molecular complexity index is 930. The first-order valence-corrected chi connectivity index (χ1v) is 9.75. The Hall–Kier alpha value is -2.29.